The fraction of sp³-hybridized carbons (Fsp3) is 0.100. The van der Waals surface area contributed by atoms with Crippen molar-refractivity contribution in [1.29, 1.82) is 0 Å². The monoisotopic (exact) mass is 332 g/mol. The molecule has 0 saturated heterocycles. The Kier molecular flexibility index (Phi) is 3.91. The van der Waals surface area contributed by atoms with Gasteiger partial charge in [0.1, 0.15) is 5.76 Å². The van der Waals surface area contributed by atoms with Gasteiger partial charge >= 0.3 is 0 Å². The van der Waals surface area contributed by atoms with Gasteiger partial charge in [0.25, 0.3) is 0 Å². The number of fused-ring (bicyclic) bond motifs is 1. The maximum atomic E-state index is 11.2. The van der Waals surface area contributed by atoms with Crippen molar-refractivity contribution in [3.05, 3.63) is 71.8 Å². The molecule has 1 N–H and O–H groups in total. The van der Waals surface area contributed by atoms with Gasteiger partial charge in [0.05, 0.1) is 12.8 Å². The van der Waals surface area contributed by atoms with E-state index in [-0.39, 0.29) is 0 Å². The van der Waals surface area contributed by atoms with Crippen molar-refractivity contribution < 1.29 is 14.0 Å². The standard InChI is InChI=1S/C20H16N2O3/c1-24-22-19-5-3-14-10-15(2-4-17(14)19)18-11-16(12-23)25-20(18)13-6-8-21-9-7-13/h2,4-12,22H,3H2,1H3. The Morgan fingerprint density at radius 3 is 2.72 bits per heavy atom. The van der Waals surface area contributed by atoms with Gasteiger partial charge in [0.2, 0.25) is 0 Å². The van der Waals surface area contributed by atoms with E-state index in [9.17, 15) is 4.79 Å². The largest absolute Gasteiger partial charge is 0.453 e. The van der Waals surface area contributed by atoms with Crippen LogP contribution in [0.3, 0.4) is 0 Å². The van der Waals surface area contributed by atoms with Gasteiger partial charge in [-0.05, 0) is 35.7 Å². The minimum absolute atomic E-state index is 0.308. The SMILES string of the molecule is CONC1=CCc2cc(-c3cc(C=O)oc3-c3ccncc3)ccc21. The Hall–Kier alpha value is -3.18. The molecule has 0 unspecified atom stereocenters. The number of hydrogen-bond acceptors (Lipinski definition) is 5. The van der Waals surface area contributed by atoms with Crippen molar-refractivity contribution in [3.8, 4) is 22.5 Å². The minimum atomic E-state index is 0.308. The molecule has 0 spiro atoms. The Morgan fingerprint density at radius 1 is 1.12 bits per heavy atom. The van der Waals surface area contributed by atoms with Crippen LogP contribution in [-0.4, -0.2) is 18.4 Å². The summed E-state index contributed by atoms with van der Waals surface area (Å²) in [5, 5.41) is 0. The molecule has 5 nitrogen and oxygen atoms in total. The average molecular weight is 332 g/mol. The molecule has 4 rings (SSSR count). The lowest BCUT2D eigenvalue weighted by Crippen LogP contribution is -2.08. The number of rotatable bonds is 5. The first kappa shape index (κ1) is 15.4. The molecule has 3 aromatic rings. The number of nitrogens with one attached hydrogen (secondary N) is 1. The minimum Gasteiger partial charge on any atom is -0.453 e. The van der Waals surface area contributed by atoms with E-state index in [1.54, 1.807) is 25.6 Å². The van der Waals surface area contributed by atoms with E-state index in [0.29, 0.717) is 11.5 Å². The molecule has 0 saturated carbocycles. The summed E-state index contributed by atoms with van der Waals surface area (Å²) >= 11 is 0. The van der Waals surface area contributed by atoms with Crippen molar-refractivity contribution in [1.82, 2.24) is 10.5 Å². The summed E-state index contributed by atoms with van der Waals surface area (Å²) in [6.07, 6.45) is 7.06. The van der Waals surface area contributed by atoms with E-state index in [4.69, 9.17) is 9.25 Å². The predicted molar refractivity (Wildman–Crippen MR) is 94.6 cm³/mol. The van der Waals surface area contributed by atoms with Crippen LogP contribution in [0.5, 0.6) is 0 Å². The second-order valence-corrected chi connectivity index (χ2v) is 5.75. The molecule has 124 valence electrons. The predicted octanol–water partition coefficient (Wildman–Crippen LogP) is 3.87. The number of aromatic nitrogens is 1. The van der Waals surface area contributed by atoms with E-state index in [0.717, 1.165) is 40.7 Å². The number of hydroxylamine groups is 1. The molecule has 5 heteroatoms. The highest BCUT2D eigenvalue weighted by atomic mass is 16.6. The van der Waals surface area contributed by atoms with Gasteiger partial charge < -0.3 is 4.42 Å². The van der Waals surface area contributed by atoms with Crippen LogP contribution in [0.4, 0.5) is 0 Å². The molecule has 1 aliphatic carbocycles. The summed E-state index contributed by atoms with van der Waals surface area (Å²) in [6, 6.07) is 11.7. The zero-order chi connectivity index (χ0) is 17.2. The number of aldehydes is 1. The Labute approximate surface area is 144 Å². The smallest absolute Gasteiger partial charge is 0.185 e. The molecule has 0 radical (unpaired) electrons. The second kappa shape index (κ2) is 6.37. The molecule has 0 atom stereocenters. The summed E-state index contributed by atoms with van der Waals surface area (Å²) in [5.41, 5.74) is 8.98. The second-order valence-electron chi connectivity index (χ2n) is 5.75. The quantitative estimate of drug-likeness (QED) is 0.567. The van der Waals surface area contributed by atoms with E-state index >= 15 is 0 Å². The molecule has 2 heterocycles. The van der Waals surface area contributed by atoms with E-state index in [2.05, 4.69) is 28.7 Å². The third-order valence-corrected chi connectivity index (χ3v) is 4.25. The zero-order valence-electron chi connectivity index (χ0n) is 13.7. The lowest BCUT2D eigenvalue weighted by atomic mass is 9.98. The number of allylic oxidation sites excluding steroid dienone is 1. The van der Waals surface area contributed by atoms with Crippen molar-refractivity contribution in [2.45, 2.75) is 6.42 Å². The normalized spacial score (nSPS) is 12.6. The molecule has 1 aromatic carbocycles. The van der Waals surface area contributed by atoms with Crippen LogP contribution in [0.15, 0.2) is 59.3 Å². The summed E-state index contributed by atoms with van der Waals surface area (Å²) in [6.45, 7) is 0. The lowest BCUT2D eigenvalue weighted by Gasteiger charge is -2.09. The van der Waals surface area contributed by atoms with Crippen LogP contribution in [0.25, 0.3) is 28.1 Å². The highest BCUT2D eigenvalue weighted by Crippen LogP contribution is 2.37. The fourth-order valence-corrected chi connectivity index (χ4v) is 3.12. The number of benzene rings is 1. The molecule has 0 bridgehead atoms. The third kappa shape index (κ3) is 2.75. The molecule has 0 fully saturated rings. The third-order valence-electron chi connectivity index (χ3n) is 4.25. The molecule has 0 aliphatic heterocycles. The first-order valence-corrected chi connectivity index (χ1v) is 7.92. The van der Waals surface area contributed by atoms with Crippen molar-refractivity contribution in [2.24, 2.45) is 0 Å². The van der Waals surface area contributed by atoms with Crippen LogP contribution in [-0.2, 0) is 11.3 Å². The van der Waals surface area contributed by atoms with Crippen LogP contribution in [0.2, 0.25) is 0 Å². The Morgan fingerprint density at radius 2 is 1.96 bits per heavy atom. The Bertz CT molecular complexity index is 958. The fourth-order valence-electron chi connectivity index (χ4n) is 3.12. The maximum Gasteiger partial charge on any atom is 0.185 e. The van der Waals surface area contributed by atoms with Gasteiger partial charge in [-0.1, -0.05) is 24.3 Å². The molecular weight excluding hydrogens is 316 g/mol. The van der Waals surface area contributed by atoms with Crippen LogP contribution in [0, 0.1) is 0 Å². The number of nitrogens with zero attached hydrogens (tertiary/aromatic N) is 1. The molecule has 25 heavy (non-hydrogen) atoms. The van der Waals surface area contributed by atoms with Crippen molar-refractivity contribution in [3.63, 3.8) is 0 Å². The molecular formula is C20H16N2O3. The summed E-state index contributed by atoms with van der Waals surface area (Å²) in [5.74, 6) is 0.979. The first-order valence-electron chi connectivity index (χ1n) is 7.92. The van der Waals surface area contributed by atoms with Gasteiger partial charge in [-0.2, -0.15) is 0 Å². The number of carbonyl (C=O) groups is 1. The van der Waals surface area contributed by atoms with Gasteiger partial charge in [0.15, 0.2) is 12.0 Å². The number of carbonyl (C=O) groups excluding carboxylic acids is 1. The van der Waals surface area contributed by atoms with Gasteiger partial charge in [-0.25, -0.2) is 0 Å². The topological polar surface area (TPSA) is 64.4 Å². The summed E-state index contributed by atoms with van der Waals surface area (Å²) in [4.78, 5) is 20.3. The number of pyridine rings is 1. The number of hydrogen-bond donors (Lipinski definition) is 1. The summed E-state index contributed by atoms with van der Waals surface area (Å²) in [7, 11) is 1.60. The van der Waals surface area contributed by atoms with Crippen LogP contribution < -0.4 is 5.48 Å². The molecule has 2 aromatic heterocycles. The van der Waals surface area contributed by atoms with Gasteiger partial charge in [-0.15, -0.1) is 0 Å². The molecule has 1 aliphatic rings. The van der Waals surface area contributed by atoms with Crippen molar-refractivity contribution >= 4 is 12.0 Å². The van der Waals surface area contributed by atoms with E-state index < -0.39 is 0 Å². The van der Waals surface area contributed by atoms with E-state index in [1.807, 2.05) is 18.2 Å². The lowest BCUT2D eigenvalue weighted by molar-refractivity contribution is 0.110. The summed E-state index contributed by atoms with van der Waals surface area (Å²) < 4.78 is 5.74. The highest BCUT2D eigenvalue weighted by molar-refractivity contribution is 5.86. The highest BCUT2D eigenvalue weighted by Gasteiger charge is 2.19. The number of furan rings is 1. The van der Waals surface area contributed by atoms with Crippen LogP contribution in [0.1, 0.15) is 21.7 Å². The van der Waals surface area contributed by atoms with Crippen LogP contribution >= 0.6 is 0 Å². The average Bonchev–Trinajstić information content (AvgIpc) is 3.27. The van der Waals surface area contributed by atoms with Crippen molar-refractivity contribution in [2.75, 3.05) is 7.11 Å². The maximum absolute atomic E-state index is 11.2. The van der Waals surface area contributed by atoms with Gasteiger partial charge in [0, 0.05) is 29.1 Å². The Balaban J connectivity index is 1.79. The van der Waals surface area contributed by atoms with Gasteiger partial charge in [-0.3, -0.25) is 20.1 Å². The zero-order valence-corrected chi connectivity index (χ0v) is 13.7. The molecule has 0 amide bonds. The first-order chi connectivity index (χ1) is 12.3. The van der Waals surface area contributed by atoms with E-state index in [1.165, 1.54) is 5.56 Å².